The summed E-state index contributed by atoms with van der Waals surface area (Å²) >= 11 is 0. The third-order valence-corrected chi connectivity index (χ3v) is 2.47. The van der Waals surface area contributed by atoms with Crippen LogP contribution in [0.4, 0.5) is 0 Å². The Balaban J connectivity index is 2.23. The van der Waals surface area contributed by atoms with Gasteiger partial charge in [0.2, 0.25) is 5.91 Å². The molecule has 0 aromatic carbocycles. The van der Waals surface area contributed by atoms with Crippen molar-refractivity contribution in [3.63, 3.8) is 0 Å². The van der Waals surface area contributed by atoms with Crippen molar-refractivity contribution in [2.24, 2.45) is 0 Å². The first-order valence-electron chi connectivity index (χ1n) is 5.20. The molecule has 3 heteroatoms. The van der Waals surface area contributed by atoms with Crippen LogP contribution < -0.4 is 0 Å². The highest BCUT2D eigenvalue weighted by atomic mass is 16.2. The largest absolute Gasteiger partial charge is 0.342 e. The zero-order valence-corrected chi connectivity index (χ0v) is 8.75. The van der Waals surface area contributed by atoms with Gasteiger partial charge in [-0.2, -0.15) is 0 Å². The molecule has 0 aromatic rings. The molecule has 3 nitrogen and oxygen atoms in total. The lowest BCUT2D eigenvalue weighted by Crippen LogP contribution is -2.37. The Labute approximate surface area is 80.7 Å². The Hall–Kier alpha value is -0.570. The van der Waals surface area contributed by atoms with Crippen molar-refractivity contribution < 1.29 is 4.79 Å². The van der Waals surface area contributed by atoms with Gasteiger partial charge in [0.1, 0.15) is 0 Å². The highest BCUT2D eigenvalue weighted by Gasteiger charge is 2.18. The van der Waals surface area contributed by atoms with E-state index in [-0.39, 0.29) is 0 Å². The predicted octanol–water partition coefficient (Wildman–Crippen LogP) is 0.951. The van der Waals surface area contributed by atoms with E-state index in [1.807, 2.05) is 11.9 Å². The highest BCUT2D eigenvalue weighted by molar-refractivity contribution is 5.78. The summed E-state index contributed by atoms with van der Waals surface area (Å²) in [5.41, 5.74) is 0. The van der Waals surface area contributed by atoms with Crippen molar-refractivity contribution in [1.29, 1.82) is 0 Å². The topological polar surface area (TPSA) is 23.6 Å². The van der Waals surface area contributed by atoms with Crippen LogP contribution in [0.5, 0.6) is 0 Å². The van der Waals surface area contributed by atoms with E-state index in [2.05, 4.69) is 11.8 Å². The standard InChI is InChI=1S/C10H20N2O/c1-3-6-11(2)9-10(13)12-7-4-5-8-12/h3-9H2,1-2H3. The van der Waals surface area contributed by atoms with Gasteiger partial charge in [-0.05, 0) is 32.9 Å². The van der Waals surface area contributed by atoms with Crippen molar-refractivity contribution >= 4 is 5.91 Å². The fourth-order valence-corrected chi connectivity index (χ4v) is 1.76. The molecule has 0 aliphatic carbocycles. The average molecular weight is 184 g/mol. The summed E-state index contributed by atoms with van der Waals surface area (Å²) < 4.78 is 0. The summed E-state index contributed by atoms with van der Waals surface area (Å²) in [6, 6.07) is 0. The minimum Gasteiger partial charge on any atom is -0.342 e. The van der Waals surface area contributed by atoms with E-state index in [1.165, 1.54) is 12.8 Å². The number of likely N-dealkylation sites (tertiary alicyclic amines) is 1. The van der Waals surface area contributed by atoms with Gasteiger partial charge >= 0.3 is 0 Å². The molecule has 0 aromatic heterocycles. The van der Waals surface area contributed by atoms with Gasteiger partial charge in [0.05, 0.1) is 6.54 Å². The van der Waals surface area contributed by atoms with Crippen LogP contribution in [-0.4, -0.2) is 48.9 Å². The van der Waals surface area contributed by atoms with Crippen LogP contribution in [0.1, 0.15) is 26.2 Å². The van der Waals surface area contributed by atoms with Crippen LogP contribution >= 0.6 is 0 Å². The lowest BCUT2D eigenvalue weighted by atomic mass is 10.4. The molecule has 1 aliphatic rings. The summed E-state index contributed by atoms with van der Waals surface area (Å²) in [4.78, 5) is 15.7. The molecule has 0 spiro atoms. The summed E-state index contributed by atoms with van der Waals surface area (Å²) in [6.45, 7) is 5.68. The van der Waals surface area contributed by atoms with Crippen LogP contribution in [-0.2, 0) is 4.79 Å². The third kappa shape index (κ3) is 3.35. The number of carbonyl (C=O) groups is 1. The normalized spacial score (nSPS) is 17.0. The van der Waals surface area contributed by atoms with Gasteiger partial charge in [0.25, 0.3) is 0 Å². The number of hydrogen-bond donors (Lipinski definition) is 0. The molecule has 1 heterocycles. The number of amides is 1. The van der Waals surface area contributed by atoms with Crippen LogP contribution in [0.25, 0.3) is 0 Å². The third-order valence-electron chi connectivity index (χ3n) is 2.47. The van der Waals surface area contributed by atoms with E-state index in [4.69, 9.17) is 0 Å². The van der Waals surface area contributed by atoms with Crippen molar-refractivity contribution in [3.05, 3.63) is 0 Å². The molecule has 0 unspecified atom stereocenters. The molecule has 0 saturated carbocycles. The molecular weight excluding hydrogens is 164 g/mol. The molecular formula is C10H20N2O. The van der Waals surface area contributed by atoms with Gasteiger partial charge in [-0.1, -0.05) is 6.92 Å². The zero-order valence-electron chi connectivity index (χ0n) is 8.75. The number of likely N-dealkylation sites (N-methyl/N-ethyl adjacent to an activating group) is 1. The van der Waals surface area contributed by atoms with E-state index in [0.717, 1.165) is 26.1 Å². The summed E-state index contributed by atoms with van der Waals surface area (Å²) in [5, 5.41) is 0. The minimum atomic E-state index is 0.299. The maximum Gasteiger partial charge on any atom is 0.236 e. The van der Waals surface area contributed by atoms with E-state index in [9.17, 15) is 4.79 Å². The first-order chi connectivity index (χ1) is 6.24. The Morgan fingerprint density at radius 3 is 2.54 bits per heavy atom. The Morgan fingerprint density at radius 1 is 1.38 bits per heavy atom. The minimum absolute atomic E-state index is 0.299. The van der Waals surface area contributed by atoms with Crippen molar-refractivity contribution in [3.8, 4) is 0 Å². The molecule has 1 aliphatic heterocycles. The molecule has 1 fully saturated rings. The molecule has 0 N–H and O–H groups in total. The Kier molecular flexibility index (Phi) is 4.22. The second kappa shape index (κ2) is 5.22. The van der Waals surface area contributed by atoms with E-state index >= 15 is 0 Å². The second-order valence-corrected chi connectivity index (χ2v) is 3.83. The van der Waals surface area contributed by atoms with Crippen molar-refractivity contribution in [1.82, 2.24) is 9.80 Å². The smallest absolute Gasteiger partial charge is 0.236 e. The van der Waals surface area contributed by atoms with Crippen molar-refractivity contribution in [2.45, 2.75) is 26.2 Å². The lowest BCUT2D eigenvalue weighted by Gasteiger charge is -2.20. The molecule has 1 amide bonds. The first kappa shape index (κ1) is 10.5. The number of carbonyl (C=O) groups excluding carboxylic acids is 1. The first-order valence-corrected chi connectivity index (χ1v) is 5.20. The fourth-order valence-electron chi connectivity index (χ4n) is 1.76. The van der Waals surface area contributed by atoms with Gasteiger partial charge < -0.3 is 4.90 Å². The molecule has 0 atom stereocenters. The van der Waals surface area contributed by atoms with Crippen LogP contribution in [0.2, 0.25) is 0 Å². The predicted molar refractivity (Wildman–Crippen MR) is 53.6 cm³/mol. The molecule has 13 heavy (non-hydrogen) atoms. The highest BCUT2D eigenvalue weighted by Crippen LogP contribution is 2.07. The summed E-state index contributed by atoms with van der Waals surface area (Å²) in [5.74, 6) is 0.299. The number of nitrogens with zero attached hydrogens (tertiary/aromatic N) is 2. The molecule has 1 rings (SSSR count). The number of rotatable bonds is 4. The molecule has 76 valence electrons. The van der Waals surface area contributed by atoms with Gasteiger partial charge in [0, 0.05) is 13.1 Å². The quantitative estimate of drug-likeness (QED) is 0.649. The lowest BCUT2D eigenvalue weighted by molar-refractivity contribution is -0.131. The summed E-state index contributed by atoms with van der Waals surface area (Å²) in [7, 11) is 2.01. The monoisotopic (exact) mass is 184 g/mol. The average Bonchev–Trinajstić information content (AvgIpc) is 2.55. The van der Waals surface area contributed by atoms with E-state index < -0.39 is 0 Å². The second-order valence-electron chi connectivity index (χ2n) is 3.83. The van der Waals surface area contributed by atoms with Gasteiger partial charge in [-0.15, -0.1) is 0 Å². The molecule has 1 saturated heterocycles. The maximum absolute atomic E-state index is 11.6. The Morgan fingerprint density at radius 2 is 2.00 bits per heavy atom. The van der Waals surface area contributed by atoms with Gasteiger partial charge in [-0.3, -0.25) is 9.69 Å². The summed E-state index contributed by atoms with van der Waals surface area (Å²) in [6.07, 6.45) is 3.48. The van der Waals surface area contributed by atoms with E-state index in [0.29, 0.717) is 12.5 Å². The van der Waals surface area contributed by atoms with Gasteiger partial charge in [-0.25, -0.2) is 0 Å². The SMILES string of the molecule is CCCN(C)CC(=O)N1CCCC1. The zero-order chi connectivity index (χ0) is 9.68. The van der Waals surface area contributed by atoms with E-state index in [1.54, 1.807) is 0 Å². The van der Waals surface area contributed by atoms with Gasteiger partial charge in [0.15, 0.2) is 0 Å². The number of hydrogen-bond acceptors (Lipinski definition) is 2. The fraction of sp³-hybridized carbons (Fsp3) is 0.900. The maximum atomic E-state index is 11.6. The van der Waals surface area contributed by atoms with Crippen LogP contribution in [0, 0.1) is 0 Å². The van der Waals surface area contributed by atoms with Crippen LogP contribution in [0.15, 0.2) is 0 Å². The molecule has 0 bridgehead atoms. The molecule has 0 radical (unpaired) electrons. The van der Waals surface area contributed by atoms with Crippen molar-refractivity contribution in [2.75, 3.05) is 33.2 Å². The Bertz CT molecular complexity index is 164. The van der Waals surface area contributed by atoms with Crippen LogP contribution in [0.3, 0.4) is 0 Å².